The first kappa shape index (κ1) is 17.9. The lowest BCUT2D eigenvalue weighted by molar-refractivity contribution is 0.102. The van der Waals surface area contributed by atoms with Gasteiger partial charge in [-0.15, -0.1) is 11.3 Å². The van der Waals surface area contributed by atoms with Crippen LogP contribution in [0.4, 0.5) is 5.13 Å². The van der Waals surface area contributed by atoms with Gasteiger partial charge < -0.3 is 4.74 Å². The van der Waals surface area contributed by atoms with Crippen molar-refractivity contribution in [3.63, 3.8) is 0 Å². The molecule has 4 rings (SSSR count). The molecule has 0 atom stereocenters. The summed E-state index contributed by atoms with van der Waals surface area (Å²) in [6, 6.07) is 17.5. The molecule has 7 heteroatoms. The first-order chi connectivity index (χ1) is 13.7. The lowest BCUT2D eigenvalue weighted by atomic mass is 10.1. The molecule has 1 amide bonds. The molecule has 0 saturated heterocycles. The Labute approximate surface area is 166 Å². The van der Waals surface area contributed by atoms with E-state index in [9.17, 15) is 4.79 Å². The number of anilines is 1. The van der Waals surface area contributed by atoms with Crippen LogP contribution < -0.4 is 10.1 Å². The highest BCUT2D eigenvalue weighted by molar-refractivity contribution is 7.13. The molecule has 0 spiro atoms. The monoisotopic (exact) mass is 390 g/mol. The van der Waals surface area contributed by atoms with Crippen molar-refractivity contribution in [1.29, 1.82) is 0 Å². The minimum Gasteiger partial charge on any atom is -0.497 e. The van der Waals surface area contributed by atoms with E-state index >= 15 is 0 Å². The van der Waals surface area contributed by atoms with E-state index in [2.05, 4.69) is 15.4 Å². The van der Waals surface area contributed by atoms with Crippen molar-refractivity contribution in [1.82, 2.24) is 14.8 Å². The van der Waals surface area contributed by atoms with Gasteiger partial charge in [-0.2, -0.15) is 5.10 Å². The highest BCUT2D eigenvalue weighted by Gasteiger charge is 2.19. The lowest BCUT2D eigenvalue weighted by Gasteiger charge is -2.05. The van der Waals surface area contributed by atoms with Gasteiger partial charge in [0, 0.05) is 23.3 Å². The summed E-state index contributed by atoms with van der Waals surface area (Å²) < 4.78 is 7.10. The quantitative estimate of drug-likeness (QED) is 0.532. The van der Waals surface area contributed by atoms with E-state index in [1.807, 2.05) is 60.0 Å². The lowest BCUT2D eigenvalue weighted by Crippen LogP contribution is -2.12. The van der Waals surface area contributed by atoms with Crippen LogP contribution in [-0.2, 0) is 6.54 Å². The molecule has 0 unspecified atom stereocenters. The minimum atomic E-state index is -0.243. The van der Waals surface area contributed by atoms with E-state index in [0.29, 0.717) is 28.7 Å². The zero-order valence-corrected chi connectivity index (χ0v) is 16.0. The number of amides is 1. The summed E-state index contributed by atoms with van der Waals surface area (Å²) in [5.74, 6) is 0.466. The summed E-state index contributed by atoms with van der Waals surface area (Å²) in [6.45, 7) is 0.572. The second-order valence-electron chi connectivity index (χ2n) is 6.10. The maximum Gasteiger partial charge on any atom is 0.261 e. The molecular formula is C21H18N4O2S. The van der Waals surface area contributed by atoms with Crippen molar-refractivity contribution in [2.45, 2.75) is 6.54 Å². The fourth-order valence-corrected chi connectivity index (χ4v) is 3.40. The second kappa shape index (κ2) is 8.06. The summed E-state index contributed by atoms with van der Waals surface area (Å²) in [7, 11) is 1.61. The van der Waals surface area contributed by atoms with E-state index < -0.39 is 0 Å². The van der Waals surface area contributed by atoms with Crippen LogP contribution in [0.3, 0.4) is 0 Å². The minimum absolute atomic E-state index is 0.243. The molecule has 6 nitrogen and oxygen atoms in total. The number of hydrogen-bond donors (Lipinski definition) is 1. The van der Waals surface area contributed by atoms with E-state index in [4.69, 9.17) is 4.74 Å². The van der Waals surface area contributed by atoms with Gasteiger partial charge in [0.25, 0.3) is 5.91 Å². The first-order valence-electron chi connectivity index (χ1n) is 8.69. The van der Waals surface area contributed by atoms with Gasteiger partial charge in [0.2, 0.25) is 0 Å². The molecule has 2 aromatic heterocycles. The fraction of sp³-hybridized carbons (Fsp3) is 0.0952. The summed E-state index contributed by atoms with van der Waals surface area (Å²) >= 11 is 1.37. The van der Waals surface area contributed by atoms with E-state index in [1.54, 1.807) is 24.2 Å². The summed E-state index contributed by atoms with van der Waals surface area (Å²) in [6.07, 6.45) is 3.42. The number of nitrogens with one attached hydrogen (secondary N) is 1. The average Bonchev–Trinajstić information content (AvgIpc) is 3.39. The zero-order valence-electron chi connectivity index (χ0n) is 15.2. The van der Waals surface area contributed by atoms with Crippen molar-refractivity contribution in [2.75, 3.05) is 12.4 Å². The van der Waals surface area contributed by atoms with Crippen LogP contribution in [0.5, 0.6) is 5.75 Å². The predicted molar refractivity (Wildman–Crippen MR) is 110 cm³/mol. The number of rotatable bonds is 6. The molecule has 0 fully saturated rings. The van der Waals surface area contributed by atoms with E-state index in [1.165, 1.54) is 11.3 Å². The number of benzene rings is 2. The van der Waals surface area contributed by atoms with Gasteiger partial charge in [-0.05, 0) is 17.7 Å². The average molecular weight is 390 g/mol. The molecule has 2 heterocycles. The molecule has 140 valence electrons. The normalized spacial score (nSPS) is 10.6. The third-order valence-corrected chi connectivity index (χ3v) is 4.88. The fourth-order valence-electron chi connectivity index (χ4n) is 2.87. The molecule has 4 aromatic rings. The Balaban J connectivity index is 1.72. The maximum absolute atomic E-state index is 12.9. The van der Waals surface area contributed by atoms with Crippen LogP contribution in [0.1, 0.15) is 15.9 Å². The number of methoxy groups -OCH3 is 1. The van der Waals surface area contributed by atoms with Crippen molar-refractivity contribution >= 4 is 22.4 Å². The number of carbonyl (C=O) groups excluding carboxylic acids is 1. The third-order valence-electron chi connectivity index (χ3n) is 4.19. The van der Waals surface area contributed by atoms with Crippen molar-refractivity contribution in [2.24, 2.45) is 0 Å². The Hall–Kier alpha value is -3.45. The molecule has 0 saturated carbocycles. The van der Waals surface area contributed by atoms with Crippen LogP contribution in [0, 0.1) is 0 Å². The first-order valence-corrected chi connectivity index (χ1v) is 9.57. The van der Waals surface area contributed by atoms with Crippen molar-refractivity contribution in [3.8, 4) is 17.0 Å². The molecule has 0 bridgehead atoms. The summed E-state index contributed by atoms with van der Waals surface area (Å²) in [4.78, 5) is 17.0. The SMILES string of the molecule is COc1cccc(-c2nn(Cc3ccccc3)cc2C(=O)Nc2nccs2)c1. The Morgan fingerprint density at radius 2 is 2.04 bits per heavy atom. The summed E-state index contributed by atoms with van der Waals surface area (Å²) in [5.41, 5.74) is 3.01. The molecule has 0 aliphatic heterocycles. The number of aromatic nitrogens is 3. The van der Waals surface area contributed by atoms with Crippen molar-refractivity contribution in [3.05, 3.63) is 83.5 Å². The molecule has 0 aliphatic carbocycles. The van der Waals surface area contributed by atoms with Crippen LogP contribution >= 0.6 is 11.3 Å². The second-order valence-corrected chi connectivity index (χ2v) is 6.99. The molecule has 2 aromatic carbocycles. The van der Waals surface area contributed by atoms with Crippen LogP contribution in [0.15, 0.2) is 72.4 Å². The largest absolute Gasteiger partial charge is 0.497 e. The number of thiazole rings is 1. The standard InChI is InChI=1S/C21H18N4O2S/c1-27-17-9-5-8-16(12-17)19-18(20(26)23-21-22-10-11-28-21)14-25(24-19)13-15-6-3-2-4-7-15/h2-12,14H,13H2,1H3,(H,22,23,26). The number of carbonyl (C=O) groups is 1. The van der Waals surface area contributed by atoms with Gasteiger partial charge in [-0.1, -0.05) is 42.5 Å². The molecule has 28 heavy (non-hydrogen) atoms. The van der Waals surface area contributed by atoms with Crippen molar-refractivity contribution < 1.29 is 9.53 Å². The Kier molecular flexibility index (Phi) is 5.16. The van der Waals surface area contributed by atoms with E-state index in [0.717, 1.165) is 11.1 Å². The maximum atomic E-state index is 12.9. The van der Waals surface area contributed by atoms with E-state index in [-0.39, 0.29) is 5.91 Å². The summed E-state index contributed by atoms with van der Waals surface area (Å²) in [5, 5.41) is 9.89. The van der Waals surface area contributed by atoms with Crippen LogP contribution in [-0.4, -0.2) is 27.8 Å². The number of ether oxygens (including phenoxy) is 1. The third kappa shape index (κ3) is 3.94. The van der Waals surface area contributed by atoms with Crippen LogP contribution in [0.25, 0.3) is 11.3 Å². The highest BCUT2D eigenvalue weighted by Crippen LogP contribution is 2.27. The Morgan fingerprint density at radius 1 is 1.18 bits per heavy atom. The number of nitrogens with zero attached hydrogens (tertiary/aromatic N) is 3. The van der Waals surface area contributed by atoms with Gasteiger partial charge >= 0.3 is 0 Å². The molecule has 0 radical (unpaired) electrons. The van der Waals surface area contributed by atoms with Crippen LogP contribution in [0.2, 0.25) is 0 Å². The van der Waals surface area contributed by atoms with Gasteiger partial charge in [0.05, 0.1) is 19.2 Å². The topological polar surface area (TPSA) is 69.0 Å². The van der Waals surface area contributed by atoms with Gasteiger partial charge in [-0.3, -0.25) is 14.8 Å². The smallest absolute Gasteiger partial charge is 0.261 e. The zero-order chi connectivity index (χ0) is 19.3. The highest BCUT2D eigenvalue weighted by atomic mass is 32.1. The molecule has 0 aliphatic rings. The van der Waals surface area contributed by atoms with Gasteiger partial charge in [0.1, 0.15) is 11.4 Å². The van der Waals surface area contributed by atoms with Gasteiger partial charge in [-0.25, -0.2) is 4.98 Å². The Morgan fingerprint density at radius 3 is 2.79 bits per heavy atom. The molecule has 1 N–H and O–H groups in total. The van der Waals surface area contributed by atoms with Gasteiger partial charge in [0.15, 0.2) is 5.13 Å². The predicted octanol–water partition coefficient (Wildman–Crippen LogP) is 4.32. The Bertz CT molecular complexity index is 1080. The number of hydrogen-bond acceptors (Lipinski definition) is 5. The molecular weight excluding hydrogens is 372 g/mol.